The van der Waals surface area contributed by atoms with Gasteiger partial charge >= 0.3 is 0 Å². The summed E-state index contributed by atoms with van der Waals surface area (Å²) in [5, 5.41) is 1.21. The molecule has 1 heterocycles. The van der Waals surface area contributed by atoms with E-state index in [4.69, 9.17) is 0 Å². The largest absolute Gasteiger partial charge is 0.299 e. The van der Waals surface area contributed by atoms with Crippen LogP contribution in [0.2, 0.25) is 0 Å². The van der Waals surface area contributed by atoms with Gasteiger partial charge in [0, 0.05) is 12.4 Å². The van der Waals surface area contributed by atoms with Gasteiger partial charge in [-0.3, -0.25) is 3.96 Å². The minimum Gasteiger partial charge on any atom is -0.299 e. The molecule has 84 valence electrons. The highest BCUT2D eigenvalue weighted by Gasteiger charge is 2.01. The van der Waals surface area contributed by atoms with E-state index < -0.39 is 0 Å². The van der Waals surface area contributed by atoms with E-state index in [9.17, 15) is 0 Å². The van der Waals surface area contributed by atoms with Gasteiger partial charge in [-0.15, -0.1) is 0 Å². The molecule has 0 fully saturated rings. The average Bonchev–Trinajstić information content (AvgIpc) is 2.69. The molecular formula is C14H12N2S. The lowest BCUT2D eigenvalue weighted by Gasteiger charge is -1.91. The lowest BCUT2D eigenvalue weighted by Crippen LogP contribution is -1.91. The van der Waals surface area contributed by atoms with Crippen molar-refractivity contribution >= 4 is 28.1 Å². The Morgan fingerprint density at radius 2 is 1.65 bits per heavy atom. The molecule has 0 aliphatic rings. The predicted molar refractivity (Wildman–Crippen MR) is 72.5 cm³/mol. The van der Waals surface area contributed by atoms with Crippen molar-refractivity contribution in [3.63, 3.8) is 0 Å². The Morgan fingerprint density at radius 1 is 0.941 bits per heavy atom. The molecule has 0 saturated carbocycles. The van der Waals surface area contributed by atoms with Crippen molar-refractivity contribution in [2.24, 2.45) is 12.0 Å². The van der Waals surface area contributed by atoms with Gasteiger partial charge in [0.05, 0.1) is 11.2 Å². The van der Waals surface area contributed by atoms with E-state index in [-0.39, 0.29) is 0 Å². The quantitative estimate of drug-likeness (QED) is 0.619. The van der Waals surface area contributed by atoms with Crippen molar-refractivity contribution in [2.75, 3.05) is 0 Å². The van der Waals surface area contributed by atoms with E-state index in [1.54, 1.807) is 11.5 Å². The normalized spacial score (nSPS) is 12.2. The van der Waals surface area contributed by atoms with E-state index in [1.165, 1.54) is 10.9 Å². The molecule has 0 radical (unpaired) electrons. The molecular weight excluding hydrogens is 228 g/mol. The van der Waals surface area contributed by atoms with Crippen molar-refractivity contribution in [3.8, 4) is 0 Å². The van der Waals surface area contributed by atoms with Crippen molar-refractivity contribution in [2.45, 2.75) is 0 Å². The van der Waals surface area contributed by atoms with Crippen LogP contribution >= 0.6 is 11.5 Å². The fraction of sp³-hybridized carbons (Fsp3) is 0.0714. The molecule has 0 atom stereocenters. The lowest BCUT2D eigenvalue weighted by atomic mass is 10.2. The highest BCUT2D eigenvalue weighted by atomic mass is 32.1. The maximum Gasteiger partial charge on any atom is 0.142 e. The Bertz CT molecular complexity index is 708. The summed E-state index contributed by atoms with van der Waals surface area (Å²) < 4.78 is 3.21. The molecule has 0 aliphatic heterocycles. The summed E-state index contributed by atoms with van der Waals surface area (Å²) in [6.07, 6.45) is 0. The van der Waals surface area contributed by atoms with Gasteiger partial charge in [0.15, 0.2) is 0 Å². The van der Waals surface area contributed by atoms with Gasteiger partial charge in [0.2, 0.25) is 0 Å². The lowest BCUT2D eigenvalue weighted by molar-refractivity contribution is 1.08. The van der Waals surface area contributed by atoms with Crippen LogP contribution in [0.3, 0.4) is 0 Å². The Morgan fingerprint density at radius 3 is 2.47 bits per heavy atom. The van der Waals surface area contributed by atoms with Gasteiger partial charge in [-0.25, -0.2) is 4.99 Å². The topological polar surface area (TPSA) is 17.3 Å². The smallest absolute Gasteiger partial charge is 0.142 e. The van der Waals surface area contributed by atoms with Gasteiger partial charge in [-0.2, -0.15) is 0 Å². The molecule has 0 bridgehead atoms. The Balaban J connectivity index is 2.28. The first-order valence-corrected chi connectivity index (χ1v) is 6.27. The highest BCUT2D eigenvalue weighted by Crippen LogP contribution is 2.15. The van der Waals surface area contributed by atoms with Crippen molar-refractivity contribution in [1.29, 1.82) is 0 Å². The molecule has 0 unspecified atom stereocenters. The third-order valence-electron chi connectivity index (χ3n) is 2.68. The molecule has 3 aromatic rings. The average molecular weight is 240 g/mol. The third kappa shape index (κ3) is 1.89. The summed E-state index contributed by atoms with van der Waals surface area (Å²) >= 11 is 1.67. The van der Waals surface area contributed by atoms with Crippen LogP contribution in [-0.2, 0) is 7.05 Å². The van der Waals surface area contributed by atoms with Crippen LogP contribution in [0.4, 0.5) is 5.69 Å². The number of para-hydroxylation sites is 2. The minimum absolute atomic E-state index is 1.00. The molecule has 2 aromatic carbocycles. The van der Waals surface area contributed by atoms with Crippen molar-refractivity contribution in [1.82, 2.24) is 3.96 Å². The second-order valence-corrected chi connectivity index (χ2v) is 4.98. The standard InChI is InChI=1S/C14H12N2S/c1-16-13-10-6-5-9-12(13)14(17-16)15-11-7-3-2-4-8-11/h2-10H,1H3. The van der Waals surface area contributed by atoms with Crippen LogP contribution in [0.25, 0.3) is 10.9 Å². The number of aromatic nitrogens is 1. The Labute approximate surface area is 104 Å². The first-order chi connectivity index (χ1) is 8.34. The van der Waals surface area contributed by atoms with Crippen LogP contribution in [0.1, 0.15) is 0 Å². The predicted octanol–water partition coefficient (Wildman–Crippen LogP) is 3.47. The molecule has 3 rings (SSSR count). The van der Waals surface area contributed by atoms with Gasteiger partial charge in [0.1, 0.15) is 4.67 Å². The summed E-state index contributed by atoms with van der Waals surface area (Å²) in [6.45, 7) is 0. The number of nitrogens with zero attached hydrogens (tertiary/aromatic N) is 2. The molecule has 0 spiro atoms. The van der Waals surface area contributed by atoms with E-state index in [2.05, 4.69) is 40.3 Å². The number of benzene rings is 2. The van der Waals surface area contributed by atoms with Crippen LogP contribution in [0, 0.1) is 0 Å². The zero-order chi connectivity index (χ0) is 11.7. The molecule has 3 heteroatoms. The fourth-order valence-electron chi connectivity index (χ4n) is 1.86. The molecule has 2 nitrogen and oxygen atoms in total. The number of hydrogen-bond acceptors (Lipinski definition) is 2. The van der Waals surface area contributed by atoms with Crippen LogP contribution in [0.15, 0.2) is 59.6 Å². The first-order valence-electron chi connectivity index (χ1n) is 5.49. The Hall–Kier alpha value is -1.87. The zero-order valence-corrected chi connectivity index (χ0v) is 10.3. The summed E-state index contributed by atoms with van der Waals surface area (Å²) in [5.41, 5.74) is 2.23. The first kappa shape index (κ1) is 10.3. The number of aryl methyl sites for hydroxylation is 1. The molecule has 1 aromatic heterocycles. The van der Waals surface area contributed by atoms with Gasteiger partial charge in [-0.05, 0) is 35.8 Å². The van der Waals surface area contributed by atoms with Crippen molar-refractivity contribution in [3.05, 3.63) is 59.3 Å². The van der Waals surface area contributed by atoms with E-state index in [1.807, 2.05) is 30.3 Å². The monoisotopic (exact) mass is 240 g/mol. The number of hydrogen-bond donors (Lipinski definition) is 0. The summed E-state index contributed by atoms with van der Waals surface area (Å²) in [7, 11) is 2.07. The van der Waals surface area contributed by atoms with Crippen LogP contribution < -0.4 is 4.67 Å². The fourth-order valence-corrected chi connectivity index (χ4v) is 2.79. The van der Waals surface area contributed by atoms with Crippen LogP contribution in [0.5, 0.6) is 0 Å². The molecule has 0 N–H and O–H groups in total. The summed E-state index contributed by atoms with van der Waals surface area (Å²) in [5.74, 6) is 0. The van der Waals surface area contributed by atoms with E-state index in [0.717, 1.165) is 10.4 Å². The highest BCUT2D eigenvalue weighted by molar-refractivity contribution is 7.05. The summed E-state index contributed by atoms with van der Waals surface area (Å²) in [4.78, 5) is 4.69. The van der Waals surface area contributed by atoms with E-state index in [0.29, 0.717) is 0 Å². The minimum atomic E-state index is 1.00. The summed E-state index contributed by atoms with van der Waals surface area (Å²) in [6, 6.07) is 18.4. The molecule has 0 amide bonds. The zero-order valence-electron chi connectivity index (χ0n) is 9.50. The maximum atomic E-state index is 4.69. The number of fused-ring (bicyclic) bond motifs is 1. The molecule has 17 heavy (non-hydrogen) atoms. The van der Waals surface area contributed by atoms with Gasteiger partial charge in [-0.1, -0.05) is 30.3 Å². The second kappa shape index (κ2) is 4.18. The van der Waals surface area contributed by atoms with Gasteiger partial charge in [0.25, 0.3) is 0 Å². The van der Waals surface area contributed by atoms with E-state index >= 15 is 0 Å². The maximum absolute atomic E-state index is 4.69. The van der Waals surface area contributed by atoms with Crippen molar-refractivity contribution < 1.29 is 0 Å². The van der Waals surface area contributed by atoms with Gasteiger partial charge < -0.3 is 0 Å². The Kier molecular flexibility index (Phi) is 2.53. The molecule has 0 aliphatic carbocycles. The SMILES string of the molecule is Cn1sc(=Nc2ccccc2)c2ccccc21. The molecule has 0 saturated heterocycles. The number of rotatable bonds is 1. The van der Waals surface area contributed by atoms with Crippen LogP contribution in [-0.4, -0.2) is 3.96 Å². The second-order valence-electron chi connectivity index (χ2n) is 3.86. The third-order valence-corrected chi connectivity index (χ3v) is 3.64.